The summed E-state index contributed by atoms with van der Waals surface area (Å²) in [6, 6.07) is 16.6. The van der Waals surface area contributed by atoms with E-state index in [0.717, 1.165) is 12.4 Å². The summed E-state index contributed by atoms with van der Waals surface area (Å²) in [6.07, 6.45) is 0.296. The van der Waals surface area contributed by atoms with Gasteiger partial charge in [-0.25, -0.2) is 0 Å². The first-order valence-electron chi connectivity index (χ1n) is 6.24. The van der Waals surface area contributed by atoms with E-state index >= 15 is 0 Å². The van der Waals surface area contributed by atoms with Crippen molar-refractivity contribution in [3.63, 3.8) is 0 Å². The maximum absolute atomic E-state index is 5.80. The first-order chi connectivity index (χ1) is 8.84. The van der Waals surface area contributed by atoms with E-state index in [0.29, 0.717) is 12.7 Å². The minimum absolute atomic E-state index is 0.296. The summed E-state index contributed by atoms with van der Waals surface area (Å²) in [5, 5.41) is 0. The second-order valence-corrected chi connectivity index (χ2v) is 4.56. The number of hydrogen-bond donors (Lipinski definition) is 0. The van der Waals surface area contributed by atoms with Crippen molar-refractivity contribution in [2.24, 2.45) is 0 Å². The predicted molar refractivity (Wildman–Crippen MR) is 71.9 cm³/mol. The topological polar surface area (TPSA) is 21.8 Å². The van der Waals surface area contributed by atoms with Crippen molar-refractivity contribution in [3.05, 3.63) is 54.1 Å². The van der Waals surface area contributed by atoms with Gasteiger partial charge in [0.1, 0.15) is 18.5 Å². The molecule has 2 aromatic carbocycles. The normalized spacial score (nSPS) is 17.5. The van der Waals surface area contributed by atoms with E-state index in [-0.39, 0.29) is 0 Å². The van der Waals surface area contributed by atoms with E-state index in [4.69, 9.17) is 9.47 Å². The van der Waals surface area contributed by atoms with Crippen LogP contribution in [0.5, 0.6) is 5.75 Å². The van der Waals surface area contributed by atoms with Crippen molar-refractivity contribution in [2.75, 3.05) is 13.2 Å². The zero-order valence-electron chi connectivity index (χ0n) is 10.4. The van der Waals surface area contributed by atoms with Crippen molar-refractivity contribution >= 4 is 0 Å². The highest BCUT2D eigenvalue weighted by atomic mass is 16.6. The Morgan fingerprint density at radius 1 is 1.11 bits per heavy atom. The molecule has 0 bridgehead atoms. The largest absolute Gasteiger partial charge is 0.490 e. The molecule has 1 heterocycles. The fourth-order valence-corrected chi connectivity index (χ4v) is 2.05. The van der Waals surface area contributed by atoms with Gasteiger partial charge in [0.2, 0.25) is 0 Å². The third kappa shape index (κ3) is 2.39. The number of ether oxygens (including phenoxy) is 2. The summed E-state index contributed by atoms with van der Waals surface area (Å²) < 4.78 is 11.0. The highest BCUT2D eigenvalue weighted by Crippen LogP contribution is 2.30. The van der Waals surface area contributed by atoms with Gasteiger partial charge in [-0.3, -0.25) is 0 Å². The minimum atomic E-state index is 0.296. The summed E-state index contributed by atoms with van der Waals surface area (Å²) in [6.45, 7) is 3.59. The molecular weight excluding hydrogens is 224 g/mol. The van der Waals surface area contributed by atoms with E-state index in [1.54, 1.807) is 0 Å². The molecule has 1 saturated heterocycles. The van der Waals surface area contributed by atoms with Crippen molar-refractivity contribution < 1.29 is 9.47 Å². The second kappa shape index (κ2) is 4.83. The van der Waals surface area contributed by atoms with E-state index < -0.39 is 0 Å². The summed E-state index contributed by atoms with van der Waals surface area (Å²) in [7, 11) is 0. The van der Waals surface area contributed by atoms with Gasteiger partial charge in [0.05, 0.1) is 6.61 Å². The molecule has 0 radical (unpaired) electrons. The van der Waals surface area contributed by atoms with E-state index in [9.17, 15) is 0 Å². The summed E-state index contributed by atoms with van der Waals surface area (Å²) in [4.78, 5) is 0. The molecule has 2 heteroatoms. The lowest BCUT2D eigenvalue weighted by atomic mass is 10.00. The number of epoxide rings is 1. The third-order valence-electron chi connectivity index (χ3n) is 3.20. The van der Waals surface area contributed by atoms with Crippen LogP contribution in [0.1, 0.15) is 5.56 Å². The molecule has 1 aliphatic heterocycles. The summed E-state index contributed by atoms with van der Waals surface area (Å²) in [5.41, 5.74) is 3.64. The molecule has 0 amide bonds. The van der Waals surface area contributed by atoms with Gasteiger partial charge >= 0.3 is 0 Å². The molecule has 2 nitrogen and oxygen atoms in total. The van der Waals surface area contributed by atoms with Crippen LogP contribution >= 0.6 is 0 Å². The minimum Gasteiger partial charge on any atom is -0.490 e. The third-order valence-corrected chi connectivity index (χ3v) is 3.20. The standard InChI is InChI=1S/C16H16O2/c1-12-15(13-6-3-2-4-7-13)8-5-9-16(12)18-11-14-10-17-14/h2-9,14H,10-11H2,1H3. The molecule has 0 aliphatic carbocycles. The van der Waals surface area contributed by atoms with Crippen LogP contribution in [0.4, 0.5) is 0 Å². The Morgan fingerprint density at radius 3 is 2.61 bits per heavy atom. The number of benzene rings is 2. The first-order valence-corrected chi connectivity index (χ1v) is 6.24. The molecule has 2 aromatic rings. The van der Waals surface area contributed by atoms with Crippen LogP contribution in [0, 0.1) is 6.92 Å². The SMILES string of the molecule is Cc1c(OCC2CO2)cccc1-c1ccccc1. The molecule has 0 N–H and O–H groups in total. The highest BCUT2D eigenvalue weighted by molar-refractivity contribution is 5.69. The van der Waals surface area contributed by atoms with Crippen LogP contribution in [-0.4, -0.2) is 19.3 Å². The Bertz CT molecular complexity index is 530. The van der Waals surface area contributed by atoms with Crippen LogP contribution in [0.15, 0.2) is 48.5 Å². The molecule has 1 atom stereocenters. The van der Waals surface area contributed by atoms with E-state index in [1.165, 1.54) is 16.7 Å². The average molecular weight is 240 g/mol. The number of hydrogen-bond acceptors (Lipinski definition) is 2. The van der Waals surface area contributed by atoms with Gasteiger partial charge in [0.15, 0.2) is 0 Å². The monoisotopic (exact) mass is 240 g/mol. The maximum atomic E-state index is 5.80. The Labute approximate surface area is 107 Å². The molecule has 1 aliphatic rings. The quantitative estimate of drug-likeness (QED) is 0.764. The van der Waals surface area contributed by atoms with Crippen molar-refractivity contribution in [3.8, 4) is 16.9 Å². The second-order valence-electron chi connectivity index (χ2n) is 4.56. The van der Waals surface area contributed by atoms with Crippen LogP contribution in [0.2, 0.25) is 0 Å². The van der Waals surface area contributed by atoms with Crippen LogP contribution in [0.25, 0.3) is 11.1 Å². The van der Waals surface area contributed by atoms with Crippen LogP contribution in [-0.2, 0) is 4.74 Å². The summed E-state index contributed by atoms with van der Waals surface area (Å²) in [5.74, 6) is 0.951. The van der Waals surface area contributed by atoms with Gasteiger partial charge in [0, 0.05) is 0 Å². The van der Waals surface area contributed by atoms with Crippen molar-refractivity contribution in [2.45, 2.75) is 13.0 Å². The van der Waals surface area contributed by atoms with Gasteiger partial charge in [-0.2, -0.15) is 0 Å². The van der Waals surface area contributed by atoms with Crippen LogP contribution in [0.3, 0.4) is 0 Å². The Balaban J connectivity index is 1.88. The van der Waals surface area contributed by atoms with Crippen molar-refractivity contribution in [1.82, 2.24) is 0 Å². The fourth-order valence-electron chi connectivity index (χ4n) is 2.05. The number of rotatable bonds is 4. The van der Waals surface area contributed by atoms with Gasteiger partial charge < -0.3 is 9.47 Å². The van der Waals surface area contributed by atoms with Gasteiger partial charge in [-0.05, 0) is 29.7 Å². The van der Waals surface area contributed by atoms with E-state index in [1.807, 2.05) is 18.2 Å². The molecule has 0 spiro atoms. The molecule has 3 rings (SSSR count). The van der Waals surface area contributed by atoms with E-state index in [2.05, 4.69) is 37.3 Å². The first kappa shape index (κ1) is 11.3. The predicted octanol–water partition coefficient (Wildman–Crippen LogP) is 3.44. The zero-order valence-corrected chi connectivity index (χ0v) is 10.4. The molecule has 1 unspecified atom stereocenters. The molecule has 0 aromatic heterocycles. The average Bonchev–Trinajstić information content (AvgIpc) is 3.23. The molecule has 0 saturated carbocycles. The Morgan fingerprint density at radius 2 is 1.89 bits per heavy atom. The molecule has 92 valence electrons. The highest BCUT2D eigenvalue weighted by Gasteiger charge is 2.23. The molecule has 18 heavy (non-hydrogen) atoms. The lowest BCUT2D eigenvalue weighted by molar-refractivity contribution is 0.262. The molecule has 1 fully saturated rings. The van der Waals surface area contributed by atoms with Crippen LogP contribution < -0.4 is 4.74 Å². The Kier molecular flexibility index (Phi) is 3.03. The summed E-state index contributed by atoms with van der Waals surface area (Å²) >= 11 is 0. The smallest absolute Gasteiger partial charge is 0.122 e. The van der Waals surface area contributed by atoms with Gasteiger partial charge in [-0.15, -0.1) is 0 Å². The van der Waals surface area contributed by atoms with Gasteiger partial charge in [0.25, 0.3) is 0 Å². The maximum Gasteiger partial charge on any atom is 0.122 e. The lowest BCUT2D eigenvalue weighted by Gasteiger charge is -2.12. The molecular formula is C16H16O2. The lowest BCUT2D eigenvalue weighted by Crippen LogP contribution is -2.05. The van der Waals surface area contributed by atoms with Gasteiger partial charge in [-0.1, -0.05) is 42.5 Å². The zero-order chi connectivity index (χ0) is 12.4. The Hall–Kier alpha value is -1.80. The fraction of sp³-hybridized carbons (Fsp3) is 0.250. The van der Waals surface area contributed by atoms with Crippen molar-refractivity contribution in [1.29, 1.82) is 0 Å².